The average Bonchev–Trinajstić information content (AvgIpc) is 2.46. The number of hydrogen-bond acceptors (Lipinski definition) is 2. The second kappa shape index (κ2) is 7.48. The van der Waals surface area contributed by atoms with Crippen molar-refractivity contribution in [3.63, 3.8) is 0 Å². The number of rotatable bonds is 5. The van der Waals surface area contributed by atoms with Crippen molar-refractivity contribution in [2.24, 2.45) is 0 Å². The zero-order valence-electron chi connectivity index (χ0n) is 11.6. The van der Waals surface area contributed by atoms with Crippen molar-refractivity contribution in [1.82, 2.24) is 0 Å². The number of anilines is 2. The number of carbonyl (C=O) groups is 1. The Morgan fingerprint density at radius 3 is 2.76 bits per heavy atom. The Bertz CT molecular complexity index is 646. The number of hydrogen-bond donors (Lipinski definition) is 2. The van der Waals surface area contributed by atoms with Gasteiger partial charge in [0.05, 0.1) is 5.56 Å². The molecule has 0 fully saturated rings. The monoisotopic (exact) mass is 366 g/mol. The molecule has 2 aromatic rings. The number of carbonyl (C=O) groups excluding carboxylic acids is 1. The first kappa shape index (κ1) is 15.9. The molecule has 0 aliphatic carbocycles. The van der Waals surface area contributed by atoms with E-state index in [1.54, 1.807) is 12.1 Å². The molecule has 0 unspecified atom stereocenters. The van der Waals surface area contributed by atoms with Gasteiger partial charge >= 0.3 is 0 Å². The van der Waals surface area contributed by atoms with Gasteiger partial charge < -0.3 is 10.6 Å². The molecule has 0 atom stereocenters. The van der Waals surface area contributed by atoms with E-state index in [-0.39, 0.29) is 5.91 Å². The lowest BCUT2D eigenvalue weighted by atomic mass is 10.1. The van der Waals surface area contributed by atoms with E-state index in [4.69, 9.17) is 11.6 Å². The molecular formula is C16H16BrClN2O. The molecule has 110 valence electrons. The van der Waals surface area contributed by atoms with Gasteiger partial charge in [0.15, 0.2) is 0 Å². The lowest BCUT2D eigenvalue weighted by Gasteiger charge is -2.12. The van der Waals surface area contributed by atoms with Gasteiger partial charge in [-0.1, -0.05) is 40.5 Å². The minimum atomic E-state index is -0.186. The molecule has 0 bridgehead atoms. The molecule has 2 aromatic carbocycles. The van der Waals surface area contributed by atoms with Crippen LogP contribution in [0.25, 0.3) is 0 Å². The Hall–Kier alpha value is -1.52. The first-order valence-corrected chi connectivity index (χ1v) is 7.87. The van der Waals surface area contributed by atoms with Gasteiger partial charge in [-0.2, -0.15) is 0 Å². The molecule has 0 aliphatic rings. The van der Waals surface area contributed by atoms with Crippen LogP contribution in [0.2, 0.25) is 5.02 Å². The molecule has 0 radical (unpaired) electrons. The smallest absolute Gasteiger partial charge is 0.257 e. The fourth-order valence-electron chi connectivity index (χ4n) is 1.88. The summed E-state index contributed by atoms with van der Waals surface area (Å²) in [5.41, 5.74) is 2.06. The Morgan fingerprint density at radius 2 is 2.05 bits per heavy atom. The van der Waals surface area contributed by atoms with E-state index in [0.717, 1.165) is 28.8 Å². The number of benzene rings is 2. The first-order chi connectivity index (χ1) is 10.1. The van der Waals surface area contributed by atoms with Crippen molar-refractivity contribution in [1.29, 1.82) is 0 Å². The lowest BCUT2D eigenvalue weighted by molar-refractivity contribution is 0.102. The van der Waals surface area contributed by atoms with Crippen molar-refractivity contribution in [2.75, 3.05) is 17.2 Å². The van der Waals surface area contributed by atoms with E-state index in [1.807, 2.05) is 30.3 Å². The standard InChI is InChI=1S/C16H16BrClN2O/c1-2-8-19-15-7-6-12(18)10-14(15)16(21)20-13-5-3-4-11(17)9-13/h3-7,9-10,19H,2,8H2,1H3,(H,20,21). The summed E-state index contributed by atoms with van der Waals surface area (Å²) < 4.78 is 0.913. The number of amides is 1. The average molecular weight is 368 g/mol. The van der Waals surface area contributed by atoms with E-state index < -0.39 is 0 Å². The van der Waals surface area contributed by atoms with Crippen molar-refractivity contribution < 1.29 is 4.79 Å². The van der Waals surface area contributed by atoms with Crippen molar-refractivity contribution in [3.05, 3.63) is 57.5 Å². The maximum atomic E-state index is 12.4. The lowest BCUT2D eigenvalue weighted by Crippen LogP contribution is -2.15. The van der Waals surface area contributed by atoms with E-state index >= 15 is 0 Å². The van der Waals surface area contributed by atoms with Gasteiger partial charge in [-0.3, -0.25) is 4.79 Å². The van der Waals surface area contributed by atoms with Gasteiger partial charge in [0, 0.05) is 27.4 Å². The summed E-state index contributed by atoms with van der Waals surface area (Å²) in [5.74, 6) is -0.186. The summed E-state index contributed by atoms with van der Waals surface area (Å²) in [6.07, 6.45) is 0.981. The third-order valence-electron chi connectivity index (χ3n) is 2.87. The van der Waals surface area contributed by atoms with E-state index in [9.17, 15) is 4.79 Å². The summed E-state index contributed by atoms with van der Waals surface area (Å²) in [5, 5.41) is 6.65. The van der Waals surface area contributed by atoms with Gasteiger partial charge in [-0.25, -0.2) is 0 Å². The Balaban J connectivity index is 2.23. The molecule has 0 saturated carbocycles. The Labute approximate surface area is 137 Å². The molecule has 2 N–H and O–H groups in total. The second-order valence-corrected chi connectivity index (χ2v) is 5.93. The highest BCUT2D eigenvalue weighted by molar-refractivity contribution is 9.10. The van der Waals surface area contributed by atoms with E-state index in [1.165, 1.54) is 0 Å². The second-order valence-electron chi connectivity index (χ2n) is 4.58. The predicted octanol–water partition coefficient (Wildman–Crippen LogP) is 5.18. The number of halogens is 2. The molecule has 0 aliphatic heterocycles. The third kappa shape index (κ3) is 4.48. The largest absolute Gasteiger partial charge is 0.384 e. The van der Waals surface area contributed by atoms with Crippen LogP contribution in [0.1, 0.15) is 23.7 Å². The number of nitrogens with one attached hydrogen (secondary N) is 2. The minimum Gasteiger partial charge on any atom is -0.384 e. The van der Waals surface area contributed by atoms with Crippen LogP contribution in [0.15, 0.2) is 46.9 Å². The van der Waals surface area contributed by atoms with Crippen LogP contribution in [-0.2, 0) is 0 Å². The molecule has 0 aromatic heterocycles. The molecule has 0 heterocycles. The highest BCUT2D eigenvalue weighted by Gasteiger charge is 2.12. The molecule has 2 rings (SSSR count). The summed E-state index contributed by atoms with van der Waals surface area (Å²) in [7, 11) is 0. The van der Waals surface area contributed by atoms with Crippen LogP contribution in [0.4, 0.5) is 11.4 Å². The highest BCUT2D eigenvalue weighted by atomic mass is 79.9. The Morgan fingerprint density at radius 1 is 1.24 bits per heavy atom. The quantitative estimate of drug-likeness (QED) is 0.765. The SMILES string of the molecule is CCCNc1ccc(Cl)cc1C(=O)Nc1cccc(Br)c1. The summed E-state index contributed by atoms with van der Waals surface area (Å²) in [4.78, 5) is 12.4. The van der Waals surface area contributed by atoms with E-state index in [2.05, 4.69) is 33.5 Å². The molecule has 21 heavy (non-hydrogen) atoms. The maximum absolute atomic E-state index is 12.4. The summed E-state index contributed by atoms with van der Waals surface area (Å²) >= 11 is 9.39. The highest BCUT2D eigenvalue weighted by Crippen LogP contribution is 2.23. The van der Waals surface area contributed by atoms with Crippen LogP contribution >= 0.6 is 27.5 Å². The van der Waals surface area contributed by atoms with E-state index in [0.29, 0.717) is 10.6 Å². The fourth-order valence-corrected chi connectivity index (χ4v) is 2.45. The van der Waals surface area contributed by atoms with Crippen LogP contribution in [0, 0.1) is 0 Å². The van der Waals surface area contributed by atoms with Gasteiger partial charge in [0.1, 0.15) is 0 Å². The molecular weight excluding hydrogens is 352 g/mol. The zero-order valence-corrected chi connectivity index (χ0v) is 14.0. The van der Waals surface area contributed by atoms with Crippen molar-refractivity contribution >= 4 is 44.8 Å². The molecule has 3 nitrogen and oxygen atoms in total. The third-order valence-corrected chi connectivity index (χ3v) is 3.60. The maximum Gasteiger partial charge on any atom is 0.257 e. The van der Waals surface area contributed by atoms with Crippen molar-refractivity contribution in [2.45, 2.75) is 13.3 Å². The Kier molecular flexibility index (Phi) is 5.65. The molecule has 0 spiro atoms. The van der Waals surface area contributed by atoms with Gasteiger partial charge in [-0.15, -0.1) is 0 Å². The minimum absolute atomic E-state index is 0.186. The normalized spacial score (nSPS) is 10.2. The first-order valence-electron chi connectivity index (χ1n) is 6.70. The van der Waals surface area contributed by atoms with Gasteiger partial charge in [0.25, 0.3) is 5.91 Å². The molecule has 0 saturated heterocycles. The molecule has 5 heteroatoms. The molecule has 1 amide bonds. The van der Waals surface area contributed by atoms with Crippen LogP contribution in [0.5, 0.6) is 0 Å². The summed E-state index contributed by atoms with van der Waals surface area (Å²) in [6.45, 7) is 2.88. The van der Waals surface area contributed by atoms with Crippen LogP contribution in [-0.4, -0.2) is 12.5 Å². The van der Waals surface area contributed by atoms with Crippen LogP contribution in [0.3, 0.4) is 0 Å². The fraction of sp³-hybridized carbons (Fsp3) is 0.188. The summed E-state index contributed by atoms with van der Waals surface area (Å²) in [6, 6.07) is 12.7. The van der Waals surface area contributed by atoms with Gasteiger partial charge in [0.2, 0.25) is 0 Å². The van der Waals surface area contributed by atoms with Crippen LogP contribution < -0.4 is 10.6 Å². The zero-order chi connectivity index (χ0) is 15.2. The topological polar surface area (TPSA) is 41.1 Å². The van der Waals surface area contributed by atoms with Crippen molar-refractivity contribution in [3.8, 4) is 0 Å². The predicted molar refractivity (Wildman–Crippen MR) is 92.3 cm³/mol. The van der Waals surface area contributed by atoms with Gasteiger partial charge in [-0.05, 0) is 42.8 Å².